The molecule has 6 heteroatoms. The maximum atomic E-state index is 13.4. The molecule has 0 N–H and O–H groups in total. The zero-order valence-electron chi connectivity index (χ0n) is 15.3. The lowest BCUT2D eigenvalue weighted by Crippen LogP contribution is -2.44. The molecule has 25 heavy (non-hydrogen) atoms. The van der Waals surface area contributed by atoms with E-state index in [1.807, 2.05) is 4.90 Å². The maximum Gasteiger partial charge on any atom is 0.260 e. The van der Waals surface area contributed by atoms with Gasteiger partial charge in [0.2, 0.25) is 0 Å². The van der Waals surface area contributed by atoms with Crippen molar-refractivity contribution in [3.63, 3.8) is 0 Å². The summed E-state index contributed by atoms with van der Waals surface area (Å²) in [5, 5.41) is 4.97. The molecular weight excluding hydrogens is 359 g/mol. The lowest BCUT2D eigenvalue weighted by molar-refractivity contribution is 0.0597. The molecule has 2 unspecified atom stereocenters. The normalized spacial score (nSPS) is 13.6. The number of amides is 1. The lowest BCUT2D eigenvalue weighted by Gasteiger charge is -2.34. The predicted octanol–water partition coefficient (Wildman–Crippen LogP) is 6.00. The third-order valence-electron chi connectivity index (χ3n) is 4.64. The molecule has 0 radical (unpaired) electrons. The van der Waals surface area contributed by atoms with Crippen LogP contribution >= 0.6 is 23.2 Å². The fourth-order valence-corrected chi connectivity index (χ4v) is 3.45. The molecule has 1 aromatic carbocycles. The van der Waals surface area contributed by atoms with Crippen molar-refractivity contribution in [1.82, 2.24) is 10.1 Å². The van der Waals surface area contributed by atoms with E-state index in [0.717, 1.165) is 12.8 Å². The molecule has 0 saturated heterocycles. The van der Waals surface area contributed by atoms with Gasteiger partial charge in [0.05, 0.1) is 10.0 Å². The van der Waals surface area contributed by atoms with Crippen LogP contribution in [0.2, 0.25) is 10.0 Å². The van der Waals surface area contributed by atoms with Gasteiger partial charge < -0.3 is 9.42 Å². The number of hydrogen-bond donors (Lipinski definition) is 0. The first-order valence-electron chi connectivity index (χ1n) is 8.56. The first-order valence-corrected chi connectivity index (χ1v) is 9.32. The summed E-state index contributed by atoms with van der Waals surface area (Å²) < 4.78 is 5.34. The molecule has 1 heterocycles. The fourth-order valence-electron chi connectivity index (χ4n) is 2.88. The zero-order valence-corrected chi connectivity index (χ0v) is 16.8. The van der Waals surface area contributed by atoms with Gasteiger partial charge >= 0.3 is 0 Å². The van der Waals surface area contributed by atoms with E-state index in [9.17, 15) is 4.79 Å². The molecule has 0 aliphatic carbocycles. The Hall–Kier alpha value is -1.52. The average Bonchev–Trinajstić information content (AvgIpc) is 2.95. The van der Waals surface area contributed by atoms with Gasteiger partial charge in [-0.15, -0.1) is 0 Å². The van der Waals surface area contributed by atoms with Crippen LogP contribution in [0.1, 0.15) is 56.7 Å². The SMILES string of the molecule is CCC(C)N(C(=O)c1c(-c2c(Cl)cccc2Cl)noc1C)C(C)CC. The number of aryl methyl sites for hydroxylation is 1. The number of rotatable bonds is 6. The number of aromatic nitrogens is 1. The van der Waals surface area contributed by atoms with E-state index in [2.05, 4.69) is 32.9 Å². The van der Waals surface area contributed by atoms with Crippen molar-refractivity contribution in [1.29, 1.82) is 0 Å². The summed E-state index contributed by atoms with van der Waals surface area (Å²) in [6, 6.07) is 5.41. The number of hydrogen-bond acceptors (Lipinski definition) is 3. The lowest BCUT2D eigenvalue weighted by atomic mass is 10.0. The summed E-state index contributed by atoms with van der Waals surface area (Å²) >= 11 is 12.6. The molecule has 0 fully saturated rings. The number of carbonyl (C=O) groups is 1. The zero-order chi connectivity index (χ0) is 18.7. The Bertz CT molecular complexity index is 728. The second kappa shape index (κ2) is 8.24. The van der Waals surface area contributed by atoms with Crippen LogP contribution in [-0.2, 0) is 0 Å². The minimum atomic E-state index is -0.103. The van der Waals surface area contributed by atoms with Crippen molar-refractivity contribution in [2.75, 3.05) is 0 Å². The molecule has 0 spiro atoms. The van der Waals surface area contributed by atoms with Crippen molar-refractivity contribution in [2.24, 2.45) is 0 Å². The van der Waals surface area contributed by atoms with E-state index in [1.165, 1.54) is 0 Å². The van der Waals surface area contributed by atoms with Gasteiger partial charge in [-0.05, 0) is 45.7 Å². The van der Waals surface area contributed by atoms with Gasteiger partial charge in [0.25, 0.3) is 5.91 Å². The van der Waals surface area contributed by atoms with Crippen molar-refractivity contribution in [3.8, 4) is 11.3 Å². The van der Waals surface area contributed by atoms with Crippen molar-refractivity contribution < 1.29 is 9.32 Å². The van der Waals surface area contributed by atoms with E-state index in [-0.39, 0.29) is 18.0 Å². The Morgan fingerprint density at radius 2 is 1.68 bits per heavy atom. The average molecular weight is 383 g/mol. The van der Waals surface area contributed by atoms with Crippen LogP contribution < -0.4 is 0 Å². The van der Waals surface area contributed by atoms with E-state index in [1.54, 1.807) is 25.1 Å². The second-order valence-electron chi connectivity index (χ2n) is 6.29. The Kier molecular flexibility index (Phi) is 6.53. The maximum absolute atomic E-state index is 13.4. The van der Waals surface area contributed by atoms with Crippen LogP contribution in [-0.4, -0.2) is 28.0 Å². The van der Waals surface area contributed by atoms with Crippen LogP contribution in [0.5, 0.6) is 0 Å². The summed E-state index contributed by atoms with van der Waals surface area (Å²) in [4.78, 5) is 15.3. The van der Waals surface area contributed by atoms with Gasteiger partial charge in [-0.1, -0.05) is 48.3 Å². The van der Waals surface area contributed by atoms with Gasteiger partial charge in [0, 0.05) is 17.6 Å². The number of carbonyl (C=O) groups excluding carboxylic acids is 1. The number of nitrogens with zero attached hydrogens (tertiary/aromatic N) is 2. The first kappa shape index (κ1) is 19.8. The van der Waals surface area contributed by atoms with Gasteiger partial charge in [-0.3, -0.25) is 4.79 Å². The standard InChI is InChI=1S/C19H24Cl2N2O2/c1-6-11(3)23(12(4)7-2)19(24)16-13(5)25-22-18(16)17-14(20)9-8-10-15(17)21/h8-12H,6-7H2,1-5H3. The minimum Gasteiger partial charge on any atom is -0.360 e. The molecular formula is C19H24Cl2N2O2. The molecule has 0 aliphatic heterocycles. The van der Waals surface area contributed by atoms with E-state index >= 15 is 0 Å². The second-order valence-corrected chi connectivity index (χ2v) is 7.10. The molecule has 2 rings (SSSR count). The topological polar surface area (TPSA) is 46.3 Å². The monoisotopic (exact) mass is 382 g/mol. The smallest absolute Gasteiger partial charge is 0.260 e. The fraction of sp³-hybridized carbons (Fsp3) is 0.474. The molecule has 4 nitrogen and oxygen atoms in total. The highest BCUT2D eigenvalue weighted by Crippen LogP contribution is 2.37. The Morgan fingerprint density at radius 3 is 2.16 bits per heavy atom. The van der Waals surface area contributed by atoms with Gasteiger partial charge in [0.15, 0.2) is 0 Å². The van der Waals surface area contributed by atoms with Crippen LogP contribution in [0.4, 0.5) is 0 Å². The molecule has 2 atom stereocenters. The molecule has 0 saturated carbocycles. The van der Waals surface area contributed by atoms with E-state index in [4.69, 9.17) is 27.7 Å². The predicted molar refractivity (Wildman–Crippen MR) is 102 cm³/mol. The number of halogens is 2. The highest BCUT2D eigenvalue weighted by atomic mass is 35.5. The van der Waals surface area contributed by atoms with Crippen molar-refractivity contribution in [2.45, 2.75) is 59.5 Å². The number of benzene rings is 1. The van der Waals surface area contributed by atoms with E-state index in [0.29, 0.717) is 32.6 Å². The summed E-state index contributed by atoms with van der Waals surface area (Å²) in [6.45, 7) is 9.98. The summed E-state index contributed by atoms with van der Waals surface area (Å²) in [7, 11) is 0. The largest absolute Gasteiger partial charge is 0.360 e. The van der Waals surface area contributed by atoms with Crippen LogP contribution in [0.25, 0.3) is 11.3 Å². The summed E-state index contributed by atoms with van der Waals surface area (Å²) in [5.41, 5.74) is 1.35. The molecule has 1 aromatic heterocycles. The molecule has 0 aliphatic rings. The Morgan fingerprint density at radius 1 is 1.16 bits per heavy atom. The molecule has 1 amide bonds. The summed E-state index contributed by atoms with van der Waals surface area (Å²) in [6.07, 6.45) is 1.73. The minimum absolute atomic E-state index is 0.103. The van der Waals surface area contributed by atoms with Crippen molar-refractivity contribution in [3.05, 3.63) is 39.6 Å². The van der Waals surface area contributed by atoms with Crippen LogP contribution in [0.15, 0.2) is 22.7 Å². The summed E-state index contributed by atoms with van der Waals surface area (Å²) in [5.74, 6) is 0.362. The molecule has 0 bridgehead atoms. The third kappa shape index (κ3) is 3.85. The third-order valence-corrected chi connectivity index (χ3v) is 5.27. The molecule has 136 valence electrons. The highest BCUT2D eigenvalue weighted by molar-refractivity contribution is 6.39. The highest BCUT2D eigenvalue weighted by Gasteiger charge is 2.32. The van der Waals surface area contributed by atoms with Crippen molar-refractivity contribution >= 4 is 29.1 Å². The van der Waals surface area contributed by atoms with Crippen LogP contribution in [0, 0.1) is 6.92 Å². The Labute approximate surface area is 159 Å². The first-order chi connectivity index (χ1) is 11.8. The quantitative estimate of drug-likeness (QED) is 0.615. The molecule has 2 aromatic rings. The Balaban J connectivity index is 2.60. The van der Waals surface area contributed by atoms with Gasteiger partial charge in [-0.25, -0.2) is 0 Å². The van der Waals surface area contributed by atoms with Gasteiger partial charge in [-0.2, -0.15) is 0 Å². The van der Waals surface area contributed by atoms with E-state index < -0.39 is 0 Å². The van der Waals surface area contributed by atoms with Crippen LogP contribution in [0.3, 0.4) is 0 Å². The van der Waals surface area contributed by atoms with Gasteiger partial charge in [0.1, 0.15) is 17.0 Å².